The number of rotatable bonds is 4. The Morgan fingerprint density at radius 1 is 1.39 bits per heavy atom. The summed E-state index contributed by atoms with van der Waals surface area (Å²) in [5.74, 6) is 0.798. The zero-order chi connectivity index (χ0) is 12.5. The molecule has 3 rings (SSSR count). The molecule has 1 aromatic rings. The summed E-state index contributed by atoms with van der Waals surface area (Å²) in [6.45, 7) is 4.65. The zero-order valence-corrected chi connectivity index (χ0v) is 11.6. The number of unbranched alkanes of at least 4 members (excludes halogenated alkanes) is 1. The Morgan fingerprint density at radius 2 is 2.28 bits per heavy atom. The molecule has 2 unspecified atom stereocenters. The summed E-state index contributed by atoms with van der Waals surface area (Å²) in [7, 11) is 2.30. The lowest BCUT2D eigenvalue weighted by atomic mass is 9.93. The van der Waals surface area contributed by atoms with Crippen molar-refractivity contribution in [3.05, 3.63) is 29.3 Å². The second-order valence-electron chi connectivity index (χ2n) is 5.81. The summed E-state index contributed by atoms with van der Waals surface area (Å²) in [5.41, 5.74) is 4.61. The van der Waals surface area contributed by atoms with Crippen molar-refractivity contribution in [1.29, 1.82) is 0 Å². The van der Waals surface area contributed by atoms with Gasteiger partial charge in [-0.3, -0.25) is 4.90 Å². The highest BCUT2D eigenvalue weighted by atomic mass is 15.1. The molecule has 1 aliphatic heterocycles. The first kappa shape index (κ1) is 12.0. The van der Waals surface area contributed by atoms with E-state index in [1.54, 1.807) is 11.1 Å². The predicted octanol–water partition coefficient (Wildman–Crippen LogP) is 3.76. The van der Waals surface area contributed by atoms with Crippen LogP contribution in [0.4, 0.5) is 5.69 Å². The van der Waals surface area contributed by atoms with Gasteiger partial charge in [-0.25, -0.2) is 0 Å². The van der Waals surface area contributed by atoms with E-state index in [4.69, 9.17) is 0 Å². The van der Waals surface area contributed by atoms with Gasteiger partial charge in [0, 0.05) is 18.3 Å². The molecule has 1 heterocycles. The Morgan fingerprint density at radius 3 is 3.11 bits per heavy atom. The quantitative estimate of drug-likeness (QED) is 0.867. The highest BCUT2D eigenvalue weighted by Crippen LogP contribution is 2.49. The van der Waals surface area contributed by atoms with Crippen molar-refractivity contribution in [3.8, 4) is 0 Å². The molecule has 0 spiro atoms. The molecule has 1 aromatic carbocycles. The van der Waals surface area contributed by atoms with Crippen LogP contribution in [0.25, 0.3) is 0 Å². The summed E-state index contributed by atoms with van der Waals surface area (Å²) in [6, 6.07) is 7.46. The normalized spacial score (nSPS) is 25.1. The highest BCUT2D eigenvalue weighted by Gasteiger charge is 2.36. The highest BCUT2D eigenvalue weighted by molar-refractivity contribution is 5.61. The van der Waals surface area contributed by atoms with Crippen LogP contribution in [0.5, 0.6) is 0 Å². The second kappa shape index (κ2) is 4.93. The third kappa shape index (κ3) is 1.93. The molecule has 0 amide bonds. The number of hydrogen-bond acceptors (Lipinski definition) is 2. The molecule has 0 radical (unpaired) electrons. The first-order valence-corrected chi connectivity index (χ1v) is 7.38. The van der Waals surface area contributed by atoms with Gasteiger partial charge in [0.05, 0.1) is 0 Å². The predicted molar refractivity (Wildman–Crippen MR) is 77.2 cm³/mol. The lowest BCUT2D eigenvalue weighted by molar-refractivity contribution is 0.233. The fraction of sp³-hybridized carbons (Fsp3) is 0.625. The Labute approximate surface area is 110 Å². The molecule has 0 fully saturated rings. The van der Waals surface area contributed by atoms with E-state index in [9.17, 15) is 0 Å². The molecule has 98 valence electrons. The van der Waals surface area contributed by atoms with Gasteiger partial charge in [-0.2, -0.15) is 0 Å². The molecular formula is C16H24N2. The summed E-state index contributed by atoms with van der Waals surface area (Å²) >= 11 is 0. The Balaban J connectivity index is 1.87. The van der Waals surface area contributed by atoms with Crippen LogP contribution in [-0.4, -0.2) is 25.0 Å². The van der Waals surface area contributed by atoms with E-state index in [1.165, 1.54) is 37.9 Å². The third-order valence-corrected chi connectivity index (χ3v) is 4.62. The van der Waals surface area contributed by atoms with Crippen molar-refractivity contribution >= 4 is 5.69 Å². The van der Waals surface area contributed by atoms with E-state index >= 15 is 0 Å². The van der Waals surface area contributed by atoms with Gasteiger partial charge in [0.1, 0.15) is 0 Å². The smallest absolute Gasteiger partial charge is 0.0378 e. The summed E-state index contributed by atoms with van der Waals surface area (Å²) in [4.78, 5) is 2.57. The maximum atomic E-state index is 3.56. The maximum absolute atomic E-state index is 3.56. The van der Waals surface area contributed by atoms with E-state index < -0.39 is 0 Å². The van der Waals surface area contributed by atoms with Crippen molar-refractivity contribution in [2.75, 3.05) is 25.5 Å². The van der Waals surface area contributed by atoms with Gasteiger partial charge in [-0.15, -0.1) is 0 Å². The van der Waals surface area contributed by atoms with Crippen LogP contribution in [0.1, 0.15) is 55.7 Å². The van der Waals surface area contributed by atoms with Gasteiger partial charge in [0.15, 0.2) is 0 Å². The van der Waals surface area contributed by atoms with E-state index in [0.717, 1.165) is 12.5 Å². The molecule has 0 bridgehead atoms. The minimum absolute atomic E-state index is 0.649. The zero-order valence-electron chi connectivity index (χ0n) is 11.6. The summed E-state index contributed by atoms with van der Waals surface area (Å²) < 4.78 is 0. The molecule has 1 N–H and O–H groups in total. The van der Waals surface area contributed by atoms with E-state index in [-0.39, 0.29) is 0 Å². The molecular weight excluding hydrogens is 220 g/mol. The van der Waals surface area contributed by atoms with Crippen LogP contribution in [-0.2, 0) is 0 Å². The molecule has 2 nitrogen and oxygen atoms in total. The monoisotopic (exact) mass is 244 g/mol. The molecule has 2 heteroatoms. The van der Waals surface area contributed by atoms with Gasteiger partial charge in [-0.1, -0.05) is 25.5 Å². The lowest BCUT2D eigenvalue weighted by Crippen LogP contribution is -2.24. The van der Waals surface area contributed by atoms with E-state index in [1.807, 2.05) is 0 Å². The standard InChI is InChI=1S/C16H24N2/c1-3-4-10-18(2)15-11-12-8-9-17-14-7-5-6-13(15)16(12)14/h5-7,12,15,17H,3-4,8-11H2,1-2H3. The molecule has 1 aliphatic carbocycles. The fourth-order valence-electron chi connectivity index (χ4n) is 3.62. The average molecular weight is 244 g/mol. The van der Waals surface area contributed by atoms with Crippen LogP contribution >= 0.6 is 0 Å². The van der Waals surface area contributed by atoms with Gasteiger partial charge < -0.3 is 5.32 Å². The topological polar surface area (TPSA) is 15.3 Å². The first-order chi connectivity index (χ1) is 8.81. The number of benzene rings is 1. The third-order valence-electron chi connectivity index (χ3n) is 4.62. The van der Waals surface area contributed by atoms with Crippen molar-refractivity contribution in [2.45, 2.75) is 44.6 Å². The van der Waals surface area contributed by atoms with E-state index in [0.29, 0.717) is 6.04 Å². The summed E-state index contributed by atoms with van der Waals surface area (Å²) in [6.07, 6.45) is 5.23. The van der Waals surface area contributed by atoms with Crippen LogP contribution < -0.4 is 5.32 Å². The number of nitrogens with one attached hydrogen (secondary N) is 1. The van der Waals surface area contributed by atoms with Crippen molar-refractivity contribution in [3.63, 3.8) is 0 Å². The second-order valence-corrected chi connectivity index (χ2v) is 5.81. The van der Waals surface area contributed by atoms with Crippen LogP contribution in [0.15, 0.2) is 18.2 Å². The average Bonchev–Trinajstić information content (AvgIpc) is 2.78. The van der Waals surface area contributed by atoms with E-state index in [2.05, 4.69) is 42.4 Å². The van der Waals surface area contributed by atoms with Gasteiger partial charge in [-0.05, 0) is 56.0 Å². The number of nitrogens with zero attached hydrogens (tertiary/aromatic N) is 1. The van der Waals surface area contributed by atoms with Crippen molar-refractivity contribution in [2.24, 2.45) is 0 Å². The fourth-order valence-corrected chi connectivity index (χ4v) is 3.62. The maximum Gasteiger partial charge on any atom is 0.0378 e. The molecule has 2 atom stereocenters. The van der Waals surface area contributed by atoms with Gasteiger partial charge in [0.2, 0.25) is 0 Å². The Kier molecular flexibility index (Phi) is 3.29. The van der Waals surface area contributed by atoms with Crippen molar-refractivity contribution in [1.82, 2.24) is 4.90 Å². The molecule has 0 aromatic heterocycles. The molecule has 18 heavy (non-hydrogen) atoms. The van der Waals surface area contributed by atoms with Crippen molar-refractivity contribution < 1.29 is 0 Å². The van der Waals surface area contributed by atoms with Crippen LogP contribution in [0.3, 0.4) is 0 Å². The minimum Gasteiger partial charge on any atom is -0.385 e. The first-order valence-electron chi connectivity index (χ1n) is 7.38. The van der Waals surface area contributed by atoms with Gasteiger partial charge >= 0.3 is 0 Å². The number of anilines is 1. The SMILES string of the molecule is CCCCN(C)C1CC2CCNc3cccc1c32. The van der Waals surface area contributed by atoms with Crippen LogP contribution in [0.2, 0.25) is 0 Å². The Bertz CT molecular complexity index is 427. The lowest BCUT2D eigenvalue weighted by Gasteiger charge is -2.25. The summed E-state index contributed by atoms with van der Waals surface area (Å²) in [5, 5.41) is 3.56. The van der Waals surface area contributed by atoms with Gasteiger partial charge in [0.25, 0.3) is 0 Å². The number of hydrogen-bond donors (Lipinski definition) is 1. The molecule has 2 aliphatic rings. The van der Waals surface area contributed by atoms with Crippen LogP contribution in [0, 0.1) is 0 Å². The Hall–Kier alpha value is -1.02. The minimum atomic E-state index is 0.649. The molecule has 0 saturated heterocycles. The molecule has 0 saturated carbocycles. The largest absolute Gasteiger partial charge is 0.385 e.